The van der Waals surface area contributed by atoms with Crippen LogP contribution in [0, 0.1) is 11.8 Å². The molecule has 0 aromatic carbocycles. The molecule has 0 saturated carbocycles. The predicted octanol–water partition coefficient (Wildman–Crippen LogP) is 4.62. The van der Waals surface area contributed by atoms with Crippen LogP contribution in [0.25, 0.3) is 0 Å². The van der Waals surface area contributed by atoms with E-state index in [0.29, 0.717) is 0 Å². The maximum Gasteiger partial charge on any atom is 0.00949 e. The third-order valence-corrected chi connectivity index (χ3v) is 4.00. The zero-order chi connectivity index (χ0) is 12.4. The molecular weight excluding hydrogens is 194 g/mol. The highest BCUT2D eigenvalue weighted by atomic mass is 14.9. The molecule has 0 fully saturated rings. The van der Waals surface area contributed by atoms with Crippen LogP contribution in [0.5, 0.6) is 0 Å². The summed E-state index contributed by atoms with van der Waals surface area (Å²) in [5.41, 5.74) is 0. The molecule has 0 aliphatic rings. The molecule has 1 atom stereocenters. The molecule has 1 unspecified atom stereocenters. The van der Waals surface area contributed by atoms with Gasteiger partial charge in [0.15, 0.2) is 0 Å². The molecule has 0 amide bonds. The summed E-state index contributed by atoms with van der Waals surface area (Å²) in [7, 11) is 2.14. The zero-order valence-corrected chi connectivity index (χ0v) is 12.2. The van der Waals surface area contributed by atoms with Crippen LogP contribution in [0.15, 0.2) is 0 Å². The van der Waals surface area contributed by atoms with Crippen molar-refractivity contribution in [2.24, 2.45) is 11.8 Å². The van der Waals surface area contributed by atoms with E-state index < -0.39 is 0 Å². The summed E-state index contributed by atoms with van der Waals surface area (Å²) in [6.07, 6.45) is 9.46. The molecule has 0 bridgehead atoms. The Bertz CT molecular complexity index is 134. The molecule has 0 radical (unpaired) electrons. The summed E-state index contributed by atoms with van der Waals surface area (Å²) in [5, 5.41) is 3.57. The number of hydrogen-bond donors (Lipinski definition) is 1. The van der Waals surface area contributed by atoms with E-state index in [2.05, 4.69) is 40.1 Å². The summed E-state index contributed by atoms with van der Waals surface area (Å²) in [5.74, 6) is 1.80. The van der Waals surface area contributed by atoms with Gasteiger partial charge in [0.1, 0.15) is 0 Å². The normalized spacial score (nSPS) is 13.7. The first-order valence-electron chi connectivity index (χ1n) is 7.40. The van der Waals surface area contributed by atoms with Crippen molar-refractivity contribution in [1.82, 2.24) is 5.32 Å². The van der Waals surface area contributed by atoms with Gasteiger partial charge in [-0.25, -0.2) is 0 Å². The molecule has 0 aromatic heterocycles. The van der Waals surface area contributed by atoms with Gasteiger partial charge in [0, 0.05) is 6.04 Å². The van der Waals surface area contributed by atoms with Crippen molar-refractivity contribution in [3.05, 3.63) is 0 Å². The number of nitrogens with one attached hydrogen (secondary N) is 1. The average molecular weight is 227 g/mol. The van der Waals surface area contributed by atoms with Crippen LogP contribution >= 0.6 is 0 Å². The minimum Gasteiger partial charge on any atom is -0.317 e. The van der Waals surface area contributed by atoms with Crippen LogP contribution in [0.3, 0.4) is 0 Å². The van der Waals surface area contributed by atoms with Crippen LogP contribution < -0.4 is 5.32 Å². The fourth-order valence-electron chi connectivity index (χ4n) is 2.82. The molecule has 0 saturated heterocycles. The van der Waals surface area contributed by atoms with Crippen LogP contribution in [0.1, 0.15) is 72.6 Å². The highest BCUT2D eigenvalue weighted by Gasteiger charge is 2.21. The van der Waals surface area contributed by atoms with E-state index in [4.69, 9.17) is 0 Å². The van der Waals surface area contributed by atoms with Crippen LogP contribution in [0.4, 0.5) is 0 Å². The molecule has 0 spiro atoms. The summed E-state index contributed by atoms with van der Waals surface area (Å²) in [6, 6.07) is 0.741. The predicted molar refractivity (Wildman–Crippen MR) is 74.8 cm³/mol. The van der Waals surface area contributed by atoms with Crippen molar-refractivity contribution < 1.29 is 0 Å². The molecule has 16 heavy (non-hydrogen) atoms. The fourth-order valence-corrected chi connectivity index (χ4v) is 2.82. The lowest BCUT2D eigenvalue weighted by molar-refractivity contribution is 0.267. The Kier molecular flexibility index (Phi) is 10.1. The first-order chi connectivity index (χ1) is 7.73. The van der Waals surface area contributed by atoms with E-state index in [1.54, 1.807) is 0 Å². The Morgan fingerprint density at radius 1 is 0.875 bits per heavy atom. The Hall–Kier alpha value is -0.0400. The first kappa shape index (κ1) is 16.0. The van der Waals surface area contributed by atoms with E-state index in [1.165, 1.54) is 44.9 Å². The van der Waals surface area contributed by atoms with Gasteiger partial charge in [0.25, 0.3) is 0 Å². The Morgan fingerprint density at radius 3 is 1.69 bits per heavy atom. The molecule has 0 heterocycles. The lowest BCUT2D eigenvalue weighted by Gasteiger charge is -2.29. The average Bonchev–Trinajstić information content (AvgIpc) is 2.31. The molecule has 1 nitrogen and oxygen atoms in total. The number of rotatable bonds is 10. The highest BCUT2D eigenvalue weighted by molar-refractivity contribution is 4.77. The minimum atomic E-state index is 0.741. The standard InChI is InChI=1S/C15H33N/c1-6-10-14(11-7-2)15(16-5)12-13(8-3)9-4/h13-16H,6-12H2,1-5H3. The molecule has 1 N–H and O–H groups in total. The first-order valence-corrected chi connectivity index (χ1v) is 7.40. The maximum atomic E-state index is 3.57. The third-order valence-electron chi connectivity index (χ3n) is 4.00. The Morgan fingerprint density at radius 2 is 1.38 bits per heavy atom. The summed E-state index contributed by atoms with van der Waals surface area (Å²) in [4.78, 5) is 0. The van der Waals surface area contributed by atoms with Gasteiger partial charge in [-0.15, -0.1) is 0 Å². The second-order valence-corrected chi connectivity index (χ2v) is 5.15. The van der Waals surface area contributed by atoms with Crippen molar-refractivity contribution in [2.45, 2.75) is 78.7 Å². The summed E-state index contributed by atoms with van der Waals surface area (Å²) >= 11 is 0. The molecule has 0 aliphatic carbocycles. The zero-order valence-electron chi connectivity index (χ0n) is 12.2. The van der Waals surface area contributed by atoms with E-state index in [0.717, 1.165) is 17.9 Å². The molecule has 98 valence electrons. The smallest absolute Gasteiger partial charge is 0.00949 e. The van der Waals surface area contributed by atoms with Gasteiger partial charge in [-0.1, -0.05) is 53.4 Å². The number of hydrogen-bond acceptors (Lipinski definition) is 1. The molecule has 0 rings (SSSR count). The van der Waals surface area contributed by atoms with Crippen molar-refractivity contribution in [1.29, 1.82) is 0 Å². The van der Waals surface area contributed by atoms with Gasteiger partial charge in [0.2, 0.25) is 0 Å². The van der Waals surface area contributed by atoms with Gasteiger partial charge in [0.05, 0.1) is 0 Å². The van der Waals surface area contributed by atoms with Crippen molar-refractivity contribution >= 4 is 0 Å². The highest BCUT2D eigenvalue weighted by Crippen LogP contribution is 2.25. The van der Waals surface area contributed by atoms with Gasteiger partial charge >= 0.3 is 0 Å². The van der Waals surface area contributed by atoms with Crippen molar-refractivity contribution in [2.75, 3.05) is 7.05 Å². The van der Waals surface area contributed by atoms with Gasteiger partial charge in [-0.05, 0) is 38.1 Å². The Labute approximate surface area is 103 Å². The van der Waals surface area contributed by atoms with E-state index in [9.17, 15) is 0 Å². The molecular formula is C15H33N. The van der Waals surface area contributed by atoms with E-state index in [-0.39, 0.29) is 0 Å². The lowest BCUT2D eigenvalue weighted by atomic mass is 9.83. The van der Waals surface area contributed by atoms with Gasteiger partial charge in [-0.2, -0.15) is 0 Å². The summed E-state index contributed by atoms with van der Waals surface area (Å²) in [6.45, 7) is 9.28. The SMILES string of the molecule is CCCC(CCC)C(CC(CC)CC)NC. The van der Waals surface area contributed by atoms with Gasteiger partial charge in [-0.3, -0.25) is 0 Å². The molecule has 0 aliphatic heterocycles. The Balaban J connectivity index is 4.27. The fraction of sp³-hybridized carbons (Fsp3) is 1.00. The summed E-state index contributed by atoms with van der Waals surface area (Å²) < 4.78 is 0. The lowest BCUT2D eigenvalue weighted by Crippen LogP contribution is -2.35. The largest absolute Gasteiger partial charge is 0.317 e. The van der Waals surface area contributed by atoms with E-state index >= 15 is 0 Å². The topological polar surface area (TPSA) is 12.0 Å². The molecule has 0 aromatic rings. The van der Waals surface area contributed by atoms with Crippen LogP contribution in [-0.4, -0.2) is 13.1 Å². The third kappa shape index (κ3) is 5.89. The quantitative estimate of drug-likeness (QED) is 0.574. The van der Waals surface area contributed by atoms with E-state index in [1.807, 2.05) is 0 Å². The van der Waals surface area contributed by atoms with Gasteiger partial charge < -0.3 is 5.32 Å². The van der Waals surface area contributed by atoms with Crippen LogP contribution in [-0.2, 0) is 0 Å². The minimum absolute atomic E-state index is 0.741. The second kappa shape index (κ2) is 10.1. The monoisotopic (exact) mass is 227 g/mol. The molecule has 1 heteroatoms. The van der Waals surface area contributed by atoms with Crippen molar-refractivity contribution in [3.8, 4) is 0 Å². The van der Waals surface area contributed by atoms with Crippen LogP contribution in [0.2, 0.25) is 0 Å². The van der Waals surface area contributed by atoms with Crippen molar-refractivity contribution in [3.63, 3.8) is 0 Å². The maximum absolute atomic E-state index is 3.57. The second-order valence-electron chi connectivity index (χ2n) is 5.15.